The Morgan fingerprint density at radius 3 is 2.00 bits per heavy atom. The van der Waals surface area contributed by atoms with Crippen LogP contribution in [0.5, 0.6) is 0 Å². The van der Waals surface area contributed by atoms with Crippen molar-refractivity contribution in [1.29, 1.82) is 0 Å². The lowest BCUT2D eigenvalue weighted by molar-refractivity contribution is -0.295. The van der Waals surface area contributed by atoms with Crippen molar-refractivity contribution in [3.05, 3.63) is 0 Å². The summed E-state index contributed by atoms with van der Waals surface area (Å²) in [6, 6.07) is 0. The number of hydrogen-bond donors (Lipinski definition) is 2. The Balaban J connectivity index is 2.84. The van der Waals surface area contributed by atoms with Crippen molar-refractivity contribution in [2.24, 2.45) is 0 Å². The van der Waals surface area contributed by atoms with Crippen molar-refractivity contribution in [3.63, 3.8) is 0 Å². The molecule has 1 fully saturated rings. The van der Waals surface area contributed by atoms with E-state index in [4.69, 9.17) is 14.2 Å². The van der Waals surface area contributed by atoms with Gasteiger partial charge in [-0.15, -0.1) is 0 Å². The molecule has 1 aliphatic heterocycles. The van der Waals surface area contributed by atoms with Crippen LogP contribution in [0.3, 0.4) is 0 Å². The second kappa shape index (κ2) is 7.34. The fourth-order valence-electron chi connectivity index (χ4n) is 1.82. The first-order valence-corrected chi connectivity index (χ1v) is 6.21. The molecule has 21 heavy (non-hydrogen) atoms. The monoisotopic (exact) mass is 306 g/mol. The normalized spacial score (nSPS) is 32.1. The van der Waals surface area contributed by atoms with Crippen molar-refractivity contribution in [1.82, 2.24) is 0 Å². The third-order valence-electron chi connectivity index (χ3n) is 2.68. The molecule has 0 aromatic carbocycles. The van der Waals surface area contributed by atoms with Crippen LogP contribution in [-0.2, 0) is 33.3 Å². The van der Waals surface area contributed by atoms with Crippen LogP contribution in [0.4, 0.5) is 0 Å². The van der Waals surface area contributed by atoms with Crippen molar-refractivity contribution in [3.8, 4) is 0 Å². The number of carbonyl (C=O) groups is 3. The Labute approximate surface area is 120 Å². The lowest BCUT2D eigenvalue weighted by Gasteiger charge is -2.40. The van der Waals surface area contributed by atoms with E-state index in [9.17, 15) is 24.6 Å². The smallest absolute Gasteiger partial charge is 0.305 e. The number of rotatable bonds is 4. The minimum atomic E-state index is -1.56. The third-order valence-corrected chi connectivity index (χ3v) is 2.68. The van der Waals surface area contributed by atoms with Gasteiger partial charge < -0.3 is 29.2 Å². The van der Waals surface area contributed by atoms with Crippen LogP contribution < -0.4 is 0 Å². The maximum absolute atomic E-state index is 11.0. The van der Waals surface area contributed by atoms with Gasteiger partial charge in [-0.1, -0.05) is 0 Å². The molecule has 1 aliphatic rings. The van der Waals surface area contributed by atoms with Crippen molar-refractivity contribution in [2.75, 3.05) is 6.61 Å². The zero-order valence-corrected chi connectivity index (χ0v) is 11.8. The second-order valence-electron chi connectivity index (χ2n) is 4.51. The van der Waals surface area contributed by atoms with E-state index in [0.29, 0.717) is 0 Å². The predicted molar refractivity (Wildman–Crippen MR) is 64.6 cm³/mol. The predicted octanol–water partition coefficient (Wildman–Crippen LogP) is -1.51. The molecule has 0 aliphatic carbocycles. The van der Waals surface area contributed by atoms with Crippen LogP contribution in [-0.4, -0.2) is 65.4 Å². The van der Waals surface area contributed by atoms with Crippen molar-refractivity contribution >= 4 is 17.9 Å². The Bertz CT molecular complexity index is 406. The van der Waals surface area contributed by atoms with Gasteiger partial charge in [0, 0.05) is 20.8 Å². The summed E-state index contributed by atoms with van der Waals surface area (Å²) in [4.78, 5) is 32.8. The summed E-state index contributed by atoms with van der Waals surface area (Å²) in [7, 11) is 0. The van der Waals surface area contributed by atoms with Gasteiger partial charge in [0.25, 0.3) is 0 Å². The fraction of sp³-hybridized carbons (Fsp3) is 0.750. The molecule has 0 bridgehead atoms. The molecule has 5 atom stereocenters. The maximum Gasteiger partial charge on any atom is 0.305 e. The Kier molecular flexibility index (Phi) is 6.06. The molecule has 0 amide bonds. The van der Waals surface area contributed by atoms with Gasteiger partial charge >= 0.3 is 17.9 Å². The number of ether oxygens (including phenoxy) is 4. The molecule has 2 unspecified atom stereocenters. The van der Waals surface area contributed by atoms with Crippen LogP contribution in [0.1, 0.15) is 20.8 Å². The zero-order valence-electron chi connectivity index (χ0n) is 11.8. The largest absolute Gasteiger partial charge is 0.463 e. The SMILES string of the molecule is CC(=O)OCC1O[C@@H](OC(C)=O)[C@@H](OC(C)=O)C(O)[C@H]1O. The number of hydrogen-bond acceptors (Lipinski definition) is 9. The van der Waals surface area contributed by atoms with E-state index < -0.39 is 48.6 Å². The maximum atomic E-state index is 11.0. The molecule has 0 radical (unpaired) electrons. The van der Waals surface area contributed by atoms with Crippen LogP contribution in [0.15, 0.2) is 0 Å². The van der Waals surface area contributed by atoms with E-state index >= 15 is 0 Å². The van der Waals surface area contributed by atoms with Gasteiger partial charge in [-0.2, -0.15) is 0 Å². The Morgan fingerprint density at radius 2 is 1.52 bits per heavy atom. The molecule has 0 spiro atoms. The van der Waals surface area contributed by atoms with E-state index in [1.54, 1.807) is 0 Å². The molecule has 2 N–H and O–H groups in total. The second-order valence-corrected chi connectivity index (χ2v) is 4.51. The van der Waals surface area contributed by atoms with Gasteiger partial charge in [0.15, 0.2) is 6.10 Å². The Hall–Kier alpha value is -1.71. The highest BCUT2D eigenvalue weighted by Crippen LogP contribution is 2.25. The summed E-state index contributed by atoms with van der Waals surface area (Å²) in [5.41, 5.74) is 0. The van der Waals surface area contributed by atoms with Gasteiger partial charge in [-0.3, -0.25) is 14.4 Å². The van der Waals surface area contributed by atoms with E-state index in [-0.39, 0.29) is 6.61 Å². The molecule has 1 rings (SSSR count). The molecule has 9 heteroatoms. The summed E-state index contributed by atoms with van der Waals surface area (Å²) in [6.07, 6.45) is -6.96. The van der Waals surface area contributed by atoms with Crippen LogP contribution in [0.2, 0.25) is 0 Å². The third kappa shape index (κ3) is 4.96. The molecule has 1 saturated heterocycles. The lowest BCUT2D eigenvalue weighted by atomic mass is 9.99. The van der Waals surface area contributed by atoms with Gasteiger partial charge in [0.1, 0.15) is 24.9 Å². The van der Waals surface area contributed by atoms with Crippen LogP contribution in [0, 0.1) is 0 Å². The molecule has 120 valence electrons. The standard InChI is InChI=1S/C12H18O9/c1-5(13)18-4-8-9(16)10(17)11(19-6(2)14)12(21-8)20-7(3)15/h8-12,16-17H,4H2,1-3H3/t8?,9-,10?,11-,12+/m0/s1. The van der Waals surface area contributed by atoms with E-state index in [0.717, 1.165) is 20.8 Å². The van der Waals surface area contributed by atoms with E-state index in [1.807, 2.05) is 0 Å². The number of aliphatic hydroxyl groups is 2. The van der Waals surface area contributed by atoms with Gasteiger partial charge in [-0.25, -0.2) is 0 Å². The molecule has 9 nitrogen and oxygen atoms in total. The summed E-state index contributed by atoms with van der Waals surface area (Å²) < 4.78 is 19.5. The molecular weight excluding hydrogens is 288 g/mol. The summed E-state index contributed by atoms with van der Waals surface area (Å²) in [6.45, 7) is 3.01. The van der Waals surface area contributed by atoms with Gasteiger partial charge in [-0.05, 0) is 0 Å². The minimum absolute atomic E-state index is 0.349. The topological polar surface area (TPSA) is 129 Å². The van der Waals surface area contributed by atoms with Crippen molar-refractivity contribution in [2.45, 2.75) is 51.5 Å². The molecular formula is C12H18O9. The average molecular weight is 306 g/mol. The number of esters is 3. The highest BCUT2D eigenvalue weighted by molar-refractivity contribution is 5.67. The quantitative estimate of drug-likeness (QED) is 0.470. The molecule has 0 aromatic rings. The first-order valence-electron chi connectivity index (χ1n) is 6.21. The minimum Gasteiger partial charge on any atom is -0.463 e. The van der Waals surface area contributed by atoms with E-state index in [1.165, 1.54) is 0 Å². The molecule has 0 aromatic heterocycles. The van der Waals surface area contributed by atoms with Crippen LogP contribution >= 0.6 is 0 Å². The number of aliphatic hydroxyl groups excluding tert-OH is 2. The zero-order chi connectivity index (χ0) is 16.2. The highest BCUT2D eigenvalue weighted by Gasteiger charge is 2.48. The summed E-state index contributed by atoms with van der Waals surface area (Å²) >= 11 is 0. The van der Waals surface area contributed by atoms with Gasteiger partial charge in [0.2, 0.25) is 6.29 Å². The molecule has 1 heterocycles. The van der Waals surface area contributed by atoms with Crippen LogP contribution in [0.25, 0.3) is 0 Å². The fourth-order valence-corrected chi connectivity index (χ4v) is 1.82. The number of carbonyl (C=O) groups excluding carboxylic acids is 3. The van der Waals surface area contributed by atoms with Crippen molar-refractivity contribution < 1.29 is 43.5 Å². The average Bonchev–Trinajstić information content (AvgIpc) is 2.35. The summed E-state index contributed by atoms with van der Waals surface area (Å²) in [5, 5.41) is 19.9. The van der Waals surface area contributed by atoms with Gasteiger partial charge in [0.05, 0.1) is 0 Å². The Morgan fingerprint density at radius 1 is 0.952 bits per heavy atom. The first-order chi connectivity index (χ1) is 9.72. The van der Waals surface area contributed by atoms with E-state index in [2.05, 4.69) is 4.74 Å². The first kappa shape index (κ1) is 17.3. The highest BCUT2D eigenvalue weighted by atomic mass is 16.7. The summed E-state index contributed by atoms with van der Waals surface area (Å²) in [5.74, 6) is -2.08. The molecule has 0 saturated carbocycles. The lowest BCUT2D eigenvalue weighted by Crippen LogP contribution is -2.60.